The molecule has 4 nitrogen and oxygen atoms in total. The van der Waals surface area contributed by atoms with Crippen LogP contribution in [0.15, 0.2) is 24.3 Å². The van der Waals surface area contributed by atoms with E-state index in [1.165, 1.54) is 0 Å². The molecule has 1 atom stereocenters. The summed E-state index contributed by atoms with van der Waals surface area (Å²) in [6.07, 6.45) is 0. The van der Waals surface area contributed by atoms with Gasteiger partial charge in [0.1, 0.15) is 0 Å². The second-order valence-corrected chi connectivity index (χ2v) is 5.32. The number of halogens is 1. The van der Waals surface area contributed by atoms with E-state index < -0.39 is 17.5 Å². The van der Waals surface area contributed by atoms with Crippen LogP contribution in [0.1, 0.15) is 25.3 Å². The molecule has 0 aliphatic heterocycles. The van der Waals surface area contributed by atoms with Gasteiger partial charge in [0.05, 0.1) is 11.5 Å². The first kappa shape index (κ1) is 15.0. The van der Waals surface area contributed by atoms with Gasteiger partial charge in [0.25, 0.3) is 0 Å². The molecule has 1 rings (SSSR count). The maximum Gasteiger partial charge on any atom is 0.312 e. The number of carboxylic acids is 1. The fourth-order valence-corrected chi connectivity index (χ4v) is 1.69. The molecule has 0 aliphatic rings. The maximum atomic E-state index is 11.2. The summed E-state index contributed by atoms with van der Waals surface area (Å²) in [5.74, 6) is -1.55. The lowest BCUT2D eigenvalue weighted by Crippen LogP contribution is -2.38. The van der Waals surface area contributed by atoms with Crippen molar-refractivity contribution in [2.24, 2.45) is 0 Å². The van der Waals surface area contributed by atoms with Crippen LogP contribution in [0.3, 0.4) is 0 Å². The van der Waals surface area contributed by atoms with Crippen molar-refractivity contribution in [2.45, 2.75) is 25.4 Å². The maximum absolute atomic E-state index is 11.2. The van der Waals surface area contributed by atoms with Crippen molar-refractivity contribution in [2.75, 3.05) is 13.1 Å². The first-order chi connectivity index (χ1) is 8.29. The zero-order chi connectivity index (χ0) is 13.8. The van der Waals surface area contributed by atoms with Crippen molar-refractivity contribution >= 4 is 17.6 Å². The molecule has 0 heterocycles. The summed E-state index contributed by atoms with van der Waals surface area (Å²) in [5.41, 5.74) is -0.168. The topological polar surface area (TPSA) is 69.6 Å². The number of nitrogens with one attached hydrogen (secondary N) is 1. The molecule has 1 unspecified atom stereocenters. The summed E-state index contributed by atoms with van der Waals surface area (Å²) < 4.78 is 0. The predicted octanol–water partition coefficient (Wildman–Crippen LogP) is 1.87. The molecular weight excluding hydrogens is 254 g/mol. The third-order valence-electron chi connectivity index (χ3n) is 2.48. The third kappa shape index (κ3) is 5.04. The zero-order valence-electron chi connectivity index (χ0n) is 10.5. The van der Waals surface area contributed by atoms with Gasteiger partial charge in [-0.3, -0.25) is 4.79 Å². The van der Waals surface area contributed by atoms with E-state index in [1.807, 2.05) is 0 Å². The summed E-state index contributed by atoms with van der Waals surface area (Å²) in [6.45, 7) is 3.93. The highest BCUT2D eigenvalue weighted by Crippen LogP contribution is 2.18. The van der Waals surface area contributed by atoms with Crippen LogP contribution in [-0.2, 0) is 4.79 Å². The van der Waals surface area contributed by atoms with Crippen molar-refractivity contribution in [3.8, 4) is 0 Å². The second-order valence-electron chi connectivity index (χ2n) is 4.89. The Bertz CT molecular complexity index is 398. The highest BCUT2D eigenvalue weighted by atomic mass is 35.5. The first-order valence-electron chi connectivity index (χ1n) is 5.71. The van der Waals surface area contributed by atoms with Gasteiger partial charge in [-0.15, -0.1) is 0 Å². The van der Waals surface area contributed by atoms with E-state index in [2.05, 4.69) is 5.32 Å². The van der Waals surface area contributed by atoms with Crippen LogP contribution >= 0.6 is 11.6 Å². The van der Waals surface area contributed by atoms with Crippen molar-refractivity contribution in [1.29, 1.82) is 0 Å². The Balaban J connectivity index is 2.66. The minimum absolute atomic E-state index is 0.265. The molecule has 1 aromatic carbocycles. The number of carbonyl (C=O) groups is 1. The molecule has 18 heavy (non-hydrogen) atoms. The van der Waals surface area contributed by atoms with Gasteiger partial charge in [-0.2, -0.15) is 0 Å². The van der Waals surface area contributed by atoms with Crippen molar-refractivity contribution in [1.82, 2.24) is 5.32 Å². The van der Waals surface area contributed by atoms with Gasteiger partial charge < -0.3 is 15.5 Å². The number of carboxylic acid groups (broad SMARTS) is 1. The molecule has 0 fully saturated rings. The number of hydrogen-bond donors (Lipinski definition) is 3. The Labute approximate surface area is 112 Å². The molecule has 0 saturated carbocycles. The molecule has 0 aromatic heterocycles. The monoisotopic (exact) mass is 271 g/mol. The lowest BCUT2D eigenvalue weighted by Gasteiger charge is -2.20. The summed E-state index contributed by atoms with van der Waals surface area (Å²) in [5, 5.41) is 22.3. The Morgan fingerprint density at radius 3 is 2.39 bits per heavy atom. The molecule has 0 aliphatic carbocycles. The van der Waals surface area contributed by atoms with Gasteiger partial charge in [0.2, 0.25) is 0 Å². The van der Waals surface area contributed by atoms with Gasteiger partial charge >= 0.3 is 5.97 Å². The minimum Gasteiger partial charge on any atom is -0.481 e. The van der Waals surface area contributed by atoms with E-state index in [1.54, 1.807) is 38.1 Å². The molecule has 0 saturated heterocycles. The summed E-state index contributed by atoms with van der Waals surface area (Å²) >= 11 is 5.76. The molecule has 5 heteroatoms. The van der Waals surface area contributed by atoms with Gasteiger partial charge in [-0.1, -0.05) is 23.7 Å². The molecule has 1 aromatic rings. The average molecular weight is 272 g/mol. The molecule has 0 spiro atoms. The zero-order valence-corrected chi connectivity index (χ0v) is 11.2. The van der Waals surface area contributed by atoms with E-state index in [-0.39, 0.29) is 6.54 Å². The number of hydrogen-bond acceptors (Lipinski definition) is 3. The smallest absolute Gasteiger partial charge is 0.312 e. The van der Waals surface area contributed by atoms with Gasteiger partial charge in [-0.05, 0) is 31.5 Å². The largest absolute Gasteiger partial charge is 0.481 e. The lowest BCUT2D eigenvalue weighted by molar-refractivity contribution is -0.138. The van der Waals surface area contributed by atoms with Crippen molar-refractivity contribution < 1.29 is 15.0 Å². The Morgan fingerprint density at radius 2 is 1.94 bits per heavy atom. The van der Waals surface area contributed by atoms with E-state index in [0.29, 0.717) is 17.1 Å². The van der Waals surface area contributed by atoms with E-state index in [0.717, 1.165) is 0 Å². The Morgan fingerprint density at radius 1 is 1.39 bits per heavy atom. The minimum atomic E-state index is -0.902. The van der Waals surface area contributed by atoms with Crippen LogP contribution in [0.25, 0.3) is 0 Å². The molecular formula is C13H18ClNO3. The van der Waals surface area contributed by atoms with Crippen LogP contribution in [0.5, 0.6) is 0 Å². The predicted molar refractivity (Wildman–Crippen MR) is 71.0 cm³/mol. The van der Waals surface area contributed by atoms with E-state index in [4.69, 9.17) is 11.6 Å². The highest BCUT2D eigenvalue weighted by Gasteiger charge is 2.20. The van der Waals surface area contributed by atoms with Crippen LogP contribution < -0.4 is 5.32 Å². The van der Waals surface area contributed by atoms with Crippen molar-refractivity contribution in [3.63, 3.8) is 0 Å². The van der Waals surface area contributed by atoms with E-state index >= 15 is 0 Å². The number of aliphatic carboxylic acids is 1. The van der Waals surface area contributed by atoms with Gasteiger partial charge in [0.15, 0.2) is 0 Å². The van der Waals surface area contributed by atoms with Gasteiger partial charge in [0, 0.05) is 18.1 Å². The lowest BCUT2D eigenvalue weighted by atomic mass is 9.99. The standard InChI is InChI=1S/C13H18ClNO3/c1-13(2,18)8-15-7-11(12(16)17)9-3-5-10(14)6-4-9/h3-6,11,15,18H,7-8H2,1-2H3,(H,16,17). The molecule has 0 amide bonds. The number of aliphatic hydroxyl groups is 1. The van der Waals surface area contributed by atoms with Crippen LogP contribution in [0.4, 0.5) is 0 Å². The quantitative estimate of drug-likeness (QED) is 0.739. The summed E-state index contributed by atoms with van der Waals surface area (Å²) in [7, 11) is 0. The number of benzene rings is 1. The van der Waals surface area contributed by atoms with Gasteiger partial charge in [-0.25, -0.2) is 0 Å². The van der Waals surface area contributed by atoms with Crippen LogP contribution in [-0.4, -0.2) is 34.9 Å². The summed E-state index contributed by atoms with van der Waals surface area (Å²) in [6, 6.07) is 6.74. The Hall–Kier alpha value is -1.10. The molecule has 0 radical (unpaired) electrons. The van der Waals surface area contributed by atoms with Crippen molar-refractivity contribution in [3.05, 3.63) is 34.9 Å². The molecule has 0 bridgehead atoms. The normalized spacial score (nSPS) is 13.3. The summed E-state index contributed by atoms with van der Waals surface area (Å²) in [4.78, 5) is 11.2. The Kier molecular flexibility index (Phi) is 5.14. The first-order valence-corrected chi connectivity index (χ1v) is 6.09. The SMILES string of the molecule is CC(C)(O)CNCC(C(=O)O)c1ccc(Cl)cc1. The molecule has 100 valence electrons. The van der Waals surface area contributed by atoms with Crippen LogP contribution in [0.2, 0.25) is 5.02 Å². The molecule has 3 N–H and O–H groups in total. The van der Waals surface area contributed by atoms with Crippen LogP contribution in [0, 0.1) is 0 Å². The van der Waals surface area contributed by atoms with E-state index in [9.17, 15) is 15.0 Å². The average Bonchev–Trinajstić information content (AvgIpc) is 2.24. The fourth-order valence-electron chi connectivity index (χ4n) is 1.57. The third-order valence-corrected chi connectivity index (χ3v) is 2.73. The fraction of sp³-hybridized carbons (Fsp3) is 0.462. The number of rotatable bonds is 6. The highest BCUT2D eigenvalue weighted by molar-refractivity contribution is 6.30. The second kappa shape index (κ2) is 6.18.